The van der Waals surface area contributed by atoms with E-state index in [0.717, 1.165) is 50.5 Å². The van der Waals surface area contributed by atoms with E-state index in [0.29, 0.717) is 51.1 Å². The molecule has 0 radical (unpaired) electrons. The average molecular weight is 856 g/mol. The SMILES string of the molecule is CCn1c(-c2cccnc2[C@H](C)OC)c2c3cc(ccc31)-c1nc(cs1)C[C@H](NC(=O)[C@H](C(C)C)N(C)C(=O)N1CC(OC)C1)C(=O)N1CCC[C@H](N1)C(=O)NCC(C)(C)C2. The van der Waals surface area contributed by atoms with Gasteiger partial charge in [-0.15, -0.1) is 11.3 Å². The number of nitrogens with zero attached hydrogens (tertiary/aromatic N) is 6. The number of rotatable bonds is 9. The number of benzene rings is 1. The van der Waals surface area contributed by atoms with Gasteiger partial charge in [0, 0.05) is 80.9 Å². The van der Waals surface area contributed by atoms with E-state index in [2.05, 4.69) is 65.7 Å². The van der Waals surface area contributed by atoms with E-state index in [-0.39, 0.29) is 47.8 Å². The molecular weight excluding hydrogens is 795 g/mol. The number of urea groups is 1. The molecule has 6 bridgehead atoms. The number of ether oxygens (including phenoxy) is 2. The van der Waals surface area contributed by atoms with Crippen molar-refractivity contribution in [3.8, 4) is 21.8 Å². The Morgan fingerprint density at radius 2 is 1.90 bits per heavy atom. The van der Waals surface area contributed by atoms with Crippen LogP contribution in [0.5, 0.6) is 0 Å². The maximum absolute atomic E-state index is 14.5. The van der Waals surface area contributed by atoms with Crippen LogP contribution in [-0.4, -0.2) is 125 Å². The summed E-state index contributed by atoms with van der Waals surface area (Å²) in [5, 5.41) is 11.5. The van der Waals surface area contributed by atoms with Gasteiger partial charge >= 0.3 is 6.03 Å². The first-order valence-corrected chi connectivity index (χ1v) is 22.3. The molecule has 4 aromatic rings. The quantitative estimate of drug-likeness (QED) is 0.206. The Hall–Kier alpha value is -4.90. The average Bonchev–Trinajstić information content (AvgIpc) is 3.82. The number of nitrogens with one attached hydrogen (secondary N) is 3. The zero-order valence-corrected chi connectivity index (χ0v) is 37.7. The number of pyridine rings is 1. The molecule has 3 aliphatic heterocycles. The summed E-state index contributed by atoms with van der Waals surface area (Å²) in [6, 6.07) is 7.72. The molecule has 4 atom stereocenters. The number of likely N-dealkylation sites (N-methyl/N-ethyl adjacent to an activating group) is 1. The predicted octanol–water partition coefficient (Wildman–Crippen LogP) is 5.18. The van der Waals surface area contributed by atoms with E-state index in [4.69, 9.17) is 19.4 Å². The number of hydrazine groups is 1. The van der Waals surface area contributed by atoms with Crippen LogP contribution in [0.4, 0.5) is 4.79 Å². The van der Waals surface area contributed by atoms with Gasteiger partial charge in [0.15, 0.2) is 0 Å². The highest BCUT2D eigenvalue weighted by Crippen LogP contribution is 2.42. The van der Waals surface area contributed by atoms with Crippen LogP contribution in [0.3, 0.4) is 0 Å². The molecule has 6 heterocycles. The number of amides is 5. The van der Waals surface area contributed by atoms with Gasteiger partial charge < -0.3 is 34.5 Å². The molecule has 0 aliphatic carbocycles. The first kappa shape index (κ1) is 44.2. The molecule has 2 saturated heterocycles. The summed E-state index contributed by atoms with van der Waals surface area (Å²) in [5.74, 6) is -1.26. The van der Waals surface area contributed by atoms with Crippen molar-refractivity contribution in [1.82, 2.24) is 45.4 Å². The fraction of sp³-hybridized carbons (Fsp3) is 0.556. The molecule has 3 N–H and O–H groups in total. The molecule has 1 aromatic carbocycles. The van der Waals surface area contributed by atoms with Crippen molar-refractivity contribution in [3.05, 3.63) is 58.9 Å². The highest BCUT2D eigenvalue weighted by molar-refractivity contribution is 7.13. The number of fused-ring (bicyclic) bond motifs is 6. The van der Waals surface area contributed by atoms with Crippen LogP contribution in [0.25, 0.3) is 32.7 Å². The lowest BCUT2D eigenvalue weighted by molar-refractivity contribution is -0.144. The van der Waals surface area contributed by atoms with Crippen molar-refractivity contribution in [2.24, 2.45) is 11.3 Å². The summed E-state index contributed by atoms with van der Waals surface area (Å²) in [5.41, 5.74) is 9.56. The fourth-order valence-corrected chi connectivity index (χ4v) is 9.78. The molecule has 15 nitrogen and oxygen atoms in total. The maximum Gasteiger partial charge on any atom is 0.320 e. The Morgan fingerprint density at radius 3 is 2.61 bits per heavy atom. The van der Waals surface area contributed by atoms with Gasteiger partial charge in [-0.3, -0.25) is 24.4 Å². The summed E-state index contributed by atoms with van der Waals surface area (Å²) in [6.07, 6.45) is 3.44. The van der Waals surface area contributed by atoms with E-state index in [1.165, 1.54) is 21.2 Å². The second kappa shape index (κ2) is 18.2. The predicted molar refractivity (Wildman–Crippen MR) is 236 cm³/mol. The summed E-state index contributed by atoms with van der Waals surface area (Å²) < 4.78 is 13.5. The van der Waals surface area contributed by atoms with E-state index >= 15 is 0 Å². The summed E-state index contributed by atoms with van der Waals surface area (Å²) >= 11 is 1.49. The second-order valence-electron chi connectivity index (χ2n) is 17.7. The molecule has 16 heteroatoms. The van der Waals surface area contributed by atoms with Gasteiger partial charge in [0.05, 0.1) is 42.4 Å². The zero-order chi connectivity index (χ0) is 43.7. The minimum Gasteiger partial charge on any atom is -0.378 e. The largest absolute Gasteiger partial charge is 0.378 e. The monoisotopic (exact) mass is 855 g/mol. The van der Waals surface area contributed by atoms with Gasteiger partial charge in [0.25, 0.3) is 5.91 Å². The smallest absolute Gasteiger partial charge is 0.320 e. The summed E-state index contributed by atoms with van der Waals surface area (Å²) in [6.45, 7) is 14.6. The van der Waals surface area contributed by atoms with Crippen LogP contribution in [0.2, 0.25) is 0 Å². The fourth-order valence-electron chi connectivity index (χ4n) is 8.95. The Labute approximate surface area is 362 Å². The lowest BCUT2D eigenvalue weighted by atomic mass is 9.83. The number of hydrogen-bond acceptors (Lipinski definition) is 10. The molecular formula is C45H61N9O6S. The van der Waals surface area contributed by atoms with E-state index in [1.807, 2.05) is 32.2 Å². The molecule has 61 heavy (non-hydrogen) atoms. The van der Waals surface area contributed by atoms with Crippen molar-refractivity contribution in [2.75, 3.05) is 47.4 Å². The third-order valence-corrected chi connectivity index (χ3v) is 13.3. The van der Waals surface area contributed by atoms with E-state index in [9.17, 15) is 19.2 Å². The lowest BCUT2D eigenvalue weighted by Gasteiger charge is -2.42. The molecule has 0 saturated carbocycles. The number of hydrogen-bond donors (Lipinski definition) is 3. The standard InChI is InChI=1S/C45H61N9O6S/c1-10-53-36-16-15-28-19-32(36)33(39(53)31-13-11-17-46-37(31)27(4)59-8)21-45(5,6)25-47-40(55)34-14-12-18-54(50-34)43(57)35(20-29-24-61-42(28)48-29)49-41(56)38(26(2)3)51(7)44(58)52-22-30(23-52)60-9/h11,13,15-17,19,24,26-27,30,34-35,38,50H,10,12,14,18,20-23,25H2,1-9H3,(H,47,55)(H,49,56)/t27-,34-,35-,38-/m0/s1. The van der Waals surface area contributed by atoms with Gasteiger partial charge in [0.2, 0.25) is 11.8 Å². The number of thiazole rings is 1. The summed E-state index contributed by atoms with van der Waals surface area (Å²) in [4.78, 5) is 69.2. The van der Waals surface area contributed by atoms with E-state index in [1.54, 1.807) is 32.4 Å². The van der Waals surface area contributed by atoms with Crippen LogP contribution in [0, 0.1) is 11.3 Å². The van der Waals surface area contributed by atoms with Crippen molar-refractivity contribution in [1.29, 1.82) is 0 Å². The minimum absolute atomic E-state index is 0.0326. The highest BCUT2D eigenvalue weighted by atomic mass is 32.1. The second-order valence-corrected chi connectivity index (χ2v) is 18.6. The number of aromatic nitrogens is 3. The third kappa shape index (κ3) is 9.04. The first-order chi connectivity index (χ1) is 29.1. The van der Waals surface area contributed by atoms with Crippen LogP contribution >= 0.6 is 11.3 Å². The molecule has 5 amide bonds. The topological polar surface area (TPSA) is 163 Å². The number of methoxy groups -OCH3 is 2. The highest BCUT2D eigenvalue weighted by Gasteiger charge is 2.40. The van der Waals surface area contributed by atoms with Gasteiger partial charge in [-0.05, 0) is 80.3 Å². The van der Waals surface area contributed by atoms with Crippen LogP contribution in [-0.2, 0) is 43.2 Å². The minimum atomic E-state index is -1.03. The molecule has 3 aliphatic rings. The molecule has 0 spiro atoms. The van der Waals surface area contributed by atoms with Crippen molar-refractivity contribution >= 4 is 46.0 Å². The maximum atomic E-state index is 14.5. The molecule has 0 unspecified atom stereocenters. The first-order valence-electron chi connectivity index (χ1n) is 21.4. The van der Waals surface area contributed by atoms with Gasteiger partial charge in [-0.1, -0.05) is 27.7 Å². The van der Waals surface area contributed by atoms with Gasteiger partial charge in [0.1, 0.15) is 23.1 Å². The Morgan fingerprint density at radius 1 is 1.13 bits per heavy atom. The summed E-state index contributed by atoms with van der Waals surface area (Å²) in [7, 11) is 4.93. The number of carbonyl (C=O) groups excluding carboxylic acids is 4. The van der Waals surface area contributed by atoms with Gasteiger partial charge in [-0.2, -0.15) is 0 Å². The van der Waals surface area contributed by atoms with Crippen LogP contribution in [0.1, 0.15) is 77.4 Å². The van der Waals surface area contributed by atoms with Crippen molar-refractivity contribution in [2.45, 2.75) is 104 Å². The lowest BCUT2D eigenvalue weighted by Crippen LogP contribution is -2.64. The van der Waals surface area contributed by atoms with Gasteiger partial charge in [-0.25, -0.2) is 15.2 Å². The number of carbonyl (C=O) groups is 4. The van der Waals surface area contributed by atoms with Crippen molar-refractivity contribution < 1.29 is 28.7 Å². The Balaban J connectivity index is 1.29. The van der Waals surface area contributed by atoms with E-state index < -0.39 is 24.0 Å². The zero-order valence-electron chi connectivity index (χ0n) is 36.9. The van der Waals surface area contributed by atoms with Crippen LogP contribution in [0.15, 0.2) is 41.9 Å². The Bertz CT molecular complexity index is 2260. The molecule has 7 rings (SSSR count). The molecule has 328 valence electrons. The number of likely N-dealkylation sites (tertiary alicyclic amines) is 1. The normalized spacial score (nSPS) is 20.8. The molecule has 2 fully saturated rings. The Kier molecular flexibility index (Phi) is 13.2. The van der Waals surface area contributed by atoms with Crippen molar-refractivity contribution in [3.63, 3.8) is 0 Å². The number of aryl methyl sites for hydroxylation is 1. The third-order valence-electron chi connectivity index (χ3n) is 12.4. The molecule has 3 aromatic heterocycles. The van der Waals surface area contributed by atoms with Crippen LogP contribution < -0.4 is 16.1 Å².